The lowest BCUT2D eigenvalue weighted by Gasteiger charge is -2.34. The Bertz CT molecular complexity index is 1440. The van der Waals surface area contributed by atoms with E-state index in [1.807, 2.05) is 13.8 Å². The number of ether oxygens (including phenoxy) is 1. The van der Waals surface area contributed by atoms with Crippen LogP contribution >= 0.6 is 0 Å². The number of carbonyl (C=O) groups excluding carboxylic acids is 1. The summed E-state index contributed by atoms with van der Waals surface area (Å²) < 4.78 is 60.5. The Hall–Kier alpha value is -3.39. The first-order valence-electron chi connectivity index (χ1n) is 11.0. The third-order valence-electron chi connectivity index (χ3n) is 5.33. The van der Waals surface area contributed by atoms with Gasteiger partial charge in [-0.25, -0.2) is 31.5 Å². The number of hydrogen-bond donors (Lipinski definition) is 2. The minimum absolute atomic E-state index is 0.00657. The van der Waals surface area contributed by atoms with E-state index in [9.17, 15) is 21.6 Å². The number of sulfonamides is 2. The molecule has 1 aromatic heterocycles. The number of benzene rings is 2. The highest BCUT2D eigenvalue weighted by Gasteiger charge is 2.32. The van der Waals surface area contributed by atoms with Crippen molar-refractivity contribution in [2.45, 2.75) is 35.8 Å². The van der Waals surface area contributed by atoms with Crippen molar-refractivity contribution in [3.05, 3.63) is 72.6 Å². The summed E-state index contributed by atoms with van der Waals surface area (Å²) in [6, 6.07) is 12.8. The maximum atomic E-state index is 13.1. The third kappa shape index (κ3) is 5.87. The van der Waals surface area contributed by atoms with Crippen molar-refractivity contribution < 1.29 is 26.4 Å². The van der Waals surface area contributed by atoms with Gasteiger partial charge in [-0.2, -0.15) is 4.31 Å². The van der Waals surface area contributed by atoms with Crippen molar-refractivity contribution in [1.29, 1.82) is 0 Å². The van der Waals surface area contributed by atoms with Crippen LogP contribution in [0.2, 0.25) is 0 Å². The fourth-order valence-corrected chi connectivity index (χ4v) is 6.32. The average molecular weight is 532 g/mol. The molecule has 0 saturated carbocycles. The van der Waals surface area contributed by atoms with Crippen LogP contribution in [0.3, 0.4) is 0 Å². The fourth-order valence-electron chi connectivity index (χ4n) is 3.73. The largest absolute Gasteiger partial charge is 0.373 e. The van der Waals surface area contributed by atoms with Crippen molar-refractivity contribution in [3.8, 4) is 0 Å². The first-order valence-corrected chi connectivity index (χ1v) is 13.9. The van der Waals surface area contributed by atoms with Crippen molar-refractivity contribution >= 4 is 37.6 Å². The van der Waals surface area contributed by atoms with Gasteiger partial charge >= 0.3 is 0 Å². The zero-order chi connectivity index (χ0) is 25.9. The van der Waals surface area contributed by atoms with Crippen LogP contribution in [-0.4, -0.2) is 62.3 Å². The quantitative estimate of drug-likeness (QED) is 0.472. The smallest absolute Gasteiger partial charge is 0.264 e. The number of hydrogen-bond acceptors (Lipinski definition) is 8. The van der Waals surface area contributed by atoms with Gasteiger partial charge in [-0.3, -0.25) is 4.79 Å². The molecule has 1 fully saturated rings. The lowest BCUT2D eigenvalue weighted by Crippen LogP contribution is -2.48. The van der Waals surface area contributed by atoms with Crippen LogP contribution < -0.4 is 10.0 Å². The predicted molar refractivity (Wildman–Crippen MR) is 132 cm³/mol. The van der Waals surface area contributed by atoms with Gasteiger partial charge in [0.2, 0.25) is 16.0 Å². The van der Waals surface area contributed by atoms with E-state index >= 15 is 0 Å². The van der Waals surface area contributed by atoms with Gasteiger partial charge in [0.1, 0.15) is 0 Å². The Morgan fingerprint density at radius 3 is 2.19 bits per heavy atom. The highest BCUT2D eigenvalue weighted by Crippen LogP contribution is 2.23. The molecule has 2 aromatic carbocycles. The molecule has 2 atom stereocenters. The highest BCUT2D eigenvalue weighted by molar-refractivity contribution is 7.92. The molecule has 13 heteroatoms. The molecule has 1 aliphatic heterocycles. The van der Waals surface area contributed by atoms with E-state index in [1.54, 1.807) is 6.07 Å². The molecule has 0 spiro atoms. The summed E-state index contributed by atoms with van der Waals surface area (Å²) in [5.74, 6) is -0.604. The van der Waals surface area contributed by atoms with E-state index in [0.29, 0.717) is 5.69 Å². The van der Waals surface area contributed by atoms with Gasteiger partial charge in [0.15, 0.2) is 0 Å². The van der Waals surface area contributed by atoms with Crippen molar-refractivity contribution in [2.75, 3.05) is 23.1 Å². The minimum atomic E-state index is -3.92. The molecule has 1 amide bonds. The molecule has 2 N–H and O–H groups in total. The van der Waals surface area contributed by atoms with E-state index in [4.69, 9.17) is 4.74 Å². The second kappa shape index (κ2) is 10.3. The highest BCUT2D eigenvalue weighted by atomic mass is 32.2. The monoisotopic (exact) mass is 531 g/mol. The number of morpholine rings is 1. The molecule has 190 valence electrons. The Kier molecular flexibility index (Phi) is 7.36. The zero-order valence-electron chi connectivity index (χ0n) is 19.5. The summed E-state index contributed by atoms with van der Waals surface area (Å²) in [5, 5.41) is 2.65. The molecule has 0 unspecified atom stereocenters. The summed E-state index contributed by atoms with van der Waals surface area (Å²) in [6.45, 7) is 4.07. The maximum Gasteiger partial charge on any atom is 0.264 e. The van der Waals surface area contributed by atoms with E-state index < -0.39 is 26.0 Å². The minimum Gasteiger partial charge on any atom is -0.373 e. The number of carbonyl (C=O) groups is 1. The Labute approximate surface area is 209 Å². The number of amides is 1. The van der Waals surface area contributed by atoms with Gasteiger partial charge in [0.05, 0.1) is 22.0 Å². The van der Waals surface area contributed by atoms with E-state index in [-0.39, 0.29) is 46.6 Å². The SMILES string of the molecule is C[C@@H]1CN(S(=O)(=O)c2cccc(C(=O)Nc3ccc(S(=O)(=O)Nc4ncccn4)cc3)c2)C[C@@H](C)O1. The number of anilines is 2. The second-order valence-corrected chi connectivity index (χ2v) is 11.9. The number of nitrogens with one attached hydrogen (secondary N) is 2. The van der Waals surface area contributed by atoms with Crippen LogP contribution in [0.1, 0.15) is 24.2 Å². The molecule has 0 aliphatic carbocycles. The molecule has 0 radical (unpaired) electrons. The molecule has 0 bridgehead atoms. The number of rotatable bonds is 7. The number of aromatic nitrogens is 2. The number of nitrogens with zero attached hydrogens (tertiary/aromatic N) is 3. The van der Waals surface area contributed by atoms with Crippen LogP contribution in [0.5, 0.6) is 0 Å². The normalized spacial score (nSPS) is 18.9. The first-order chi connectivity index (χ1) is 17.0. The maximum absolute atomic E-state index is 13.1. The molecule has 36 heavy (non-hydrogen) atoms. The second-order valence-electron chi connectivity index (χ2n) is 8.26. The van der Waals surface area contributed by atoms with Gasteiger partial charge in [-0.05, 0) is 62.4 Å². The van der Waals surface area contributed by atoms with Gasteiger partial charge < -0.3 is 10.1 Å². The summed E-state index contributed by atoms with van der Waals surface area (Å²) in [7, 11) is -7.73. The van der Waals surface area contributed by atoms with E-state index in [2.05, 4.69) is 20.0 Å². The molecular weight excluding hydrogens is 506 g/mol. The van der Waals surface area contributed by atoms with Crippen LogP contribution in [-0.2, 0) is 24.8 Å². The van der Waals surface area contributed by atoms with Crippen molar-refractivity contribution in [2.24, 2.45) is 0 Å². The summed E-state index contributed by atoms with van der Waals surface area (Å²) in [4.78, 5) is 20.4. The predicted octanol–water partition coefficient (Wildman–Crippen LogP) is 2.33. The van der Waals surface area contributed by atoms with Gasteiger partial charge in [-0.1, -0.05) is 6.07 Å². The van der Waals surface area contributed by atoms with Crippen molar-refractivity contribution in [1.82, 2.24) is 14.3 Å². The summed E-state index contributed by atoms with van der Waals surface area (Å²) in [5.41, 5.74) is 0.476. The molecule has 3 aromatic rings. The molecule has 2 heterocycles. The van der Waals surface area contributed by atoms with Crippen LogP contribution in [0.4, 0.5) is 11.6 Å². The lowest BCUT2D eigenvalue weighted by atomic mass is 10.2. The standard InChI is InChI=1S/C23H25N5O6S2/c1-16-14-28(15-17(2)34-16)36(32,33)21-6-3-5-18(13-21)22(29)26-19-7-9-20(10-8-19)35(30,31)27-23-24-11-4-12-25-23/h3-13,16-17H,14-15H2,1-2H3,(H,26,29)(H,24,25,27)/t16-,17-/m1/s1. The Morgan fingerprint density at radius 2 is 1.56 bits per heavy atom. The van der Waals surface area contributed by atoms with Gasteiger partial charge in [0, 0.05) is 36.7 Å². The van der Waals surface area contributed by atoms with Crippen molar-refractivity contribution in [3.63, 3.8) is 0 Å². The van der Waals surface area contributed by atoms with Gasteiger partial charge in [-0.15, -0.1) is 0 Å². The fraction of sp³-hybridized carbons (Fsp3) is 0.261. The zero-order valence-corrected chi connectivity index (χ0v) is 21.2. The van der Waals surface area contributed by atoms with Crippen LogP contribution in [0, 0.1) is 0 Å². The lowest BCUT2D eigenvalue weighted by molar-refractivity contribution is -0.0440. The topological polar surface area (TPSA) is 148 Å². The molecule has 4 rings (SSSR count). The van der Waals surface area contributed by atoms with Gasteiger partial charge in [0.25, 0.3) is 15.9 Å². The molecule has 1 saturated heterocycles. The average Bonchev–Trinajstić information content (AvgIpc) is 2.84. The molecule has 11 nitrogen and oxygen atoms in total. The Balaban J connectivity index is 1.47. The molecular formula is C23H25N5O6S2. The molecule has 1 aliphatic rings. The summed E-state index contributed by atoms with van der Waals surface area (Å²) >= 11 is 0. The Morgan fingerprint density at radius 1 is 0.917 bits per heavy atom. The third-order valence-corrected chi connectivity index (χ3v) is 8.51. The summed E-state index contributed by atoms with van der Waals surface area (Å²) in [6.07, 6.45) is 2.34. The van der Waals surface area contributed by atoms with Crippen LogP contribution in [0.15, 0.2) is 76.8 Å². The first kappa shape index (κ1) is 25.7. The van der Waals surface area contributed by atoms with Crippen LogP contribution in [0.25, 0.3) is 0 Å². The van der Waals surface area contributed by atoms with E-state index in [1.165, 1.54) is 65.2 Å². The van der Waals surface area contributed by atoms with E-state index in [0.717, 1.165) is 0 Å².